The molecule has 1 saturated heterocycles. The van der Waals surface area contributed by atoms with Gasteiger partial charge in [-0.2, -0.15) is 0 Å². The zero-order valence-electron chi connectivity index (χ0n) is 15.9. The number of likely N-dealkylation sites (tertiary alicyclic amines) is 1. The Labute approximate surface area is 173 Å². The predicted molar refractivity (Wildman–Crippen MR) is 110 cm³/mol. The van der Waals surface area contributed by atoms with E-state index in [1.165, 1.54) is 11.3 Å². The minimum Gasteiger partial charge on any atom is -0.360 e. The van der Waals surface area contributed by atoms with Gasteiger partial charge in [-0.3, -0.25) is 4.79 Å². The molecule has 152 valence electrons. The molecule has 0 spiro atoms. The summed E-state index contributed by atoms with van der Waals surface area (Å²) in [5.41, 5.74) is 1.83. The first-order valence-corrected chi connectivity index (χ1v) is 11.7. The molecule has 1 aliphatic rings. The molecule has 0 unspecified atom stereocenters. The number of nitrogens with zero attached hydrogens (tertiary/aromatic N) is 2. The number of carbonyl (C=O) groups excluding carboxylic acids is 1. The van der Waals surface area contributed by atoms with E-state index in [0.717, 1.165) is 5.56 Å². The number of rotatable bonds is 5. The van der Waals surface area contributed by atoms with Crippen LogP contribution in [-0.4, -0.2) is 43.5 Å². The number of hydrogen-bond acceptors (Lipinski definition) is 6. The number of carbonyl (C=O) groups is 1. The molecular weight excluding hydrogens is 410 g/mol. The summed E-state index contributed by atoms with van der Waals surface area (Å²) in [6.07, 6.45) is 1.11. The van der Waals surface area contributed by atoms with Gasteiger partial charge in [-0.05, 0) is 31.2 Å². The van der Waals surface area contributed by atoms with Gasteiger partial charge in [-0.25, -0.2) is 13.1 Å². The number of nitrogens with one attached hydrogen (secondary N) is 1. The van der Waals surface area contributed by atoms with Crippen molar-refractivity contribution in [2.75, 3.05) is 13.1 Å². The van der Waals surface area contributed by atoms with E-state index in [-0.39, 0.29) is 11.9 Å². The molecule has 9 heteroatoms. The second-order valence-electron chi connectivity index (χ2n) is 6.95. The van der Waals surface area contributed by atoms with Gasteiger partial charge < -0.3 is 9.42 Å². The third-order valence-corrected chi connectivity index (χ3v) is 7.91. The number of sulfonamides is 1. The second kappa shape index (κ2) is 8.10. The van der Waals surface area contributed by atoms with E-state index in [9.17, 15) is 13.2 Å². The molecule has 4 rings (SSSR count). The molecule has 3 heterocycles. The van der Waals surface area contributed by atoms with Crippen LogP contribution in [0.15, 0.2) is 56.6 Å². The molecule has 1 amide bonds. The first-order chi connectivity index (χ1) is 14.0. The number of thiophene rings is 1. The highest BCUT2D eigenvalue weighted by molar-refractivity contribution is 7.91. The highest BCUT2D eigenvalue weighted by Crippen LogP contribution is 2.27. The standard InChI is InChI=1S/C20H21N3O4S2/c1-14-18(19(21-27-14)15-6-3-2-4-7-15)20(24)23-11-9-16(10-12-23)22-29(25,26)17-8-5-13-28-17/h2-8,13,16,22H,9-12H2,1H3. The lowest BCUT2D eigenvalue weighted by molar-refractivity contribution is 0.0710. The van der Waals surface area contributed by atoms with Crippen LogP contribution in [-0.2, 0) is 10.0 Å². The van der Waals surface area contributed by atoms with Crippen molar-refractivity contribution in [3.63, 3.8) is 0 Å². The van der Waals surface area contributed by atoms with Crippen LogP contribution in [0.25, 0.3) is 11.3 Å². The SMILES string of the molecule is Cc1onc(-c2ccccc2)c1C(=O)N1CCC(NS(=O)(=O)c2cccs2)CC1. The summed E-state index contributed by atoms with van der Waals surface area (Å²) >= 11 is 1.19. The van der Waals surface area contributed by atoms with E-state index in [4.69, 9.17) is 4.52 Å². The van der Waals surface area contributed by atoms with Crippen molar-refractivity contribution in [2.45, 2.75) is 30.0 Å². The fourth-order valence-corrected chi connectivity index (χ4v) is 5.78. The fraction of sp³-hybridized carbons (Fsp3) is 0.300. The average molecular weight is 432 g/mol. The van der Waals surface area contributed by atoms with E-state index < -0.39 is 10.0 Å². The van der Waals surface area contributed by atoms with Crippen LogP contribution in [0.3, 0.4) is 0 Å². The Balaban J connectivity index is 1.45. The summed E-state index contributed by atoms with van der Waals surface area (Å²) in [6, 6.07) is 12.6. The zero-order valence-corrected chi connectivity index (χ0v) is 17.5. The number of piperidine rings is 1. The second-order valence-corrected chi connectivity index (χ2v) is 9.84. The first-order valence-electron chi connectivity index (χ1n) is 9.32. The fourth-order valence-electron chi connectivity index (χ4n) is 3.47. The number of amides is 1. The quantitative estimate of drug-likeness (QED) is 0.669. The highest BCUT2D eigenvalue weighted by Gasteiger charge is 2.31. The summed E-state index contributed by atoms with van der Waals surface area (Å²) in [7, 11) is -3.51. The van der Waals surface area contributed by atoms with Gasteiger partial charge in [0.1, 0.15) is 21.2 Å². The number of benzene rings is 1. The van der Waals surface area contributed by atoms with Crippen molar-refractivity contribution in [2.24, 2.45) is 0 Å². The maximum Gasteiger partial charge on any atom is 0.259 e. The van der Waals surface area contributed by atoms with Crippen molar-refractivity contribution in [3.05, 3.63) is 59.2 Å². The van der Waals surface area contributed by atoms with Gasteiger partial charge >= 0.3 is 0 Å². The minimum atomic E-state index is -3.51. The Hall–Kier alpha value is -2.49. The van der Waals surface area contributed by atoms with Crippen LogP contribution in [0.5, 0.6) is 0 Å². The maximum absolute atomic E-state index is 13.1. The lowest BCUT2D eigenvalue weighted by Crippen LogP contribution is -2.46. The topological polar surface area (TPSA) is 92.5 Å². The molecule has 0 atom stereocenters. The zero-order chi connectivity index (χ0) is 20.4. The molecule has 1 fully saturated rings. The van der Waals surface area contributed by atoms with Crippen LogP contribution < -0.4 is 4.72 Å². The van der Waals surface area contributed by atoms with Gasteiger partial charge in [-0.15, -0.1) is 11.3 Å². The van der Waals surface area contributed by atoms with Gasteiger partial charge in [0.2, 0.25) is 10.0 Å². The van der Waals surface area contributed by atoms with Crippen molar-refractivity contribution in [1.29, 1.82) is 0 Å². The minimum absolute atomic E-state index is 0.137. The van der Waals surface area contributed by atoms with Crippen LogP contribution in [0.1, 0.15) is 29.0 Å². The number of aromatic nitrogens is 1. The van der Waals surface area contributed by atoms with E-state index in [1.807, 2.05) is 30.3 Å². The summed E-state index contributed by atoms with van der Waals surface area (Å²) < 4.78 is 33.2. The van der Waals surface area contributed by atoms with Gasteiger partial charge in [0.05, 0.1) is 0 Å². The van der Waals surface area contributed by atoms with Crippen molar-refractivity contribution in [3.8, 4) is 11.3 Å². The molecule has 1 aliphatic heterocycles. The average Bonchev–Trinajstić information content (AvgIpc) is 3.39. The van der Waals surface area contributed by atoms with E-state index in [2.05, 4.69) is 9.88 Å². The third-order valence-electron chi connectivity index (χ3n) is 4.99. The van der Waals surface area contributed by atoms with Crippen LogP contribution in [0.2, 0.25) is 0 Å². The smallest absolute Gasteiger partial charge is 0.259 e. The normalized spacial score (nSPS) is 15.6. The van der Waals surface area contributed by atoms with Gasteiger partial charge in [-0.1, -0.05) is 41.6 Å². The summed E-state index contributed by atoms with van der Waals surface area (Å²) in [5.74, 6) is 0.344. The van der Waals surface area contributed by atoms with Crippen molar-refractivity contribution >= 4 is 27.3 Å². The summed E-state index contributed by atoms with van der Waals surface area (Å²) in [6.45, 7) is 2.67. The molecule has 2 aromatic heterocycles. The molecule has 0 saturated carbocycles. The van der Waals surface area contributed by atoms with Crippen LogP contribution >= 0.6 is 11.3 Å². The van der Waals surface area contributed by atoms with Gasteiger partial charge in [0, 0.05) is 24.7 Å². The number of hydrogen-bond donors (Lipinski definition) is 1. The van der Waals surface area contributed by atoms with Crippen LogP contribution in [0.4, 0.5) is 0 Å². The Morgan fingerprint density at radius 3 is 2.55 bits per heavy atom. The van der Waals surface area contributed by atoms with E-state index in [0.29, 0.717) is 47.2 Å². The molecule has 0 aliphatic carbocycles. The Morgan fingerprint density at radius 1 is 1.17 bits per heavy atom. The summed E-state index contributed by atoms with van der Waals surface area (Å²) in [4.78, 5) is 14.9. The highest BCUT2D eigenvalue weighted by atomic mass is 32.2. The van der Waals surface area contributed by atoms with Crippen molar-refractivity contribution < 1.29 is 17.7 Å². The molecule has 1 N–H and O–H groups in total. The van der Waals surface area contributed by atoms with E-state index in [1.54, 1.807) is 29.3 Å². The largest absolute Gasteiger partial charge is 0.360 e. The molecular formula is C20H21N3O4S2. The molecule has 1 aromatic carbocycles. The molecule has 0 bridgehead atoms. The lowest BCUT2D eigenvalue weighted by Gasteiger charge is -2.32. The third kappa shape index (κ3) is 4.12. The Bertz CT molecular complexity index is 1080. The Morgan fingerprint density at radius 2 is 1.90 bits per heavy atom. The first kappa shape index (κ1) is 19.8. The molecule has 7 nitrogen and oxygen atoms in total. The molecule has 3 aromatic rings. The Kier molecular flexibility index (Phi) is 5.53. The predicted octanol–water partition coefficient (Wildman–Crippen LogP) is 3.29. The molecule has 0 radical (unpaired) electrons. The molecule has 29 heavy (non-hydrogen) atoms. The van der Waals surface area contributed by atoms with E-state index >= 15 is 0 Å². The van der Waals surface area contributed by atoms with Gasteiger partial charge in [0.15, 0.2) is 0 Å². The monoisotopic (exact) mass is 431 g/mol. The summed E-state index contributed by atoms with van der Waals surface area (Å²) in [5, 5.41) is 5.82. The lowest BCUT2D eigenvalue weighted by atomic mass is 10.0. The van der Waals surface area contributed by atoms with Crippen molar-refractivity contribution in [1.82, 2.24) is 14.8 Å². The van der Waals surface area contributed by atoms with Crippen LogP contribution in [0, 0.1) is 6.92 Å². The maximum atomic E-state index is 13.1. The van der Waals surface area contributed by atoms with Gasteiger partial charge in [0.25, 0.3) is 5.91 Å². The number of aryl methyl sites for hydroxylation is 1.